The Morgan fingerprint density at radius 1 is 1.38 bits per heavy atom. The van der Waals surface area contributed by atoms with Gasteiger partial charge in [-0.25, -0.2) is 27.6 Å². The molecule has 0 aliphatic carbocycles. The Morgan fingerprint density at radius 2 is 2.10 bits per heavy atom. The molecular formula is C13H11FN2O4S. The van der Waals surface area contributed by atoms with Crippen LogP contribution in [0.2, 0.25) is 0 Å². The molecule has 0 radical (unpaired) electrons. The van der Waals surface area contributed by atoms with E-state index in [2.05, 4.69) is 9.97 Å². The Morgan fingerprint density at radius 3 is 2.67 bits per heavy atom. The lowest BCUT2D eigenvalue weighted by Gasteiger charge is -2.09. The van der Waals surface area contributed by atoms with E-state index in [1.54, 1.807) is 6.92 Å². The number of carbonyl (C=O) groups is 1. The van der Waals surface area contributed by atoms with E-state index in [1.807, 2.05) is 0 Å². The molecule has 0 atom stereocenters. The minimum absolute atomic E-state index is 0.00478. The fraction of sp³-hybridized carbons (Fsp3) is 0.154. The molecule has 0 spiro atoms. The zero-order valence-electron chi connectivity index (χ0n) is 10.9. The zero-order chi connectivity index (χ0) is 15.6. The van der Waals surface area contributed by atoms with Gasteiger partial charge in [-0.15, -0.1) is 0 Å². The fourth-order valence-electron chi connectivity index (χ4n) is 1.86. The first-order valence-electron chi connectivity index (χ1n) is 5.86. The smallest absolute Gasteiger partial charge is 0.339 e. The van der Waals surface area contributed by atoms with Crippen LogP contribution < -0.4 is 0 Å². The van der Waals surface area contributed by atoms with Crippen molar-refractivity contribution in [1.29, 1.82) is 0 Å². The number of hydrogen-bond acceptors (Lipinski definition) is 5. The van der Waals surface area contributed by atoms with Crippen LogP contribution in [-0.4, -0.2) is 29.5 Å². The van der Waals surface area contributed by atoms with Crippen LogP contribution in [0.5, 0.6) is 0 Å². The van der Waals surface area contributed by atoms with Crippen LogP contribution in [0.3, 0.4) is 0 Å². The number of rotatable bonds is 4. The van der Waals surface area contributed by atoms with Gasteiger partial charge in [0.15, 0.2) is 0 Å². The standard InChI is InChI=1S/C13H11FN2O4S/c1-7-4-8(14)2-3-9(7)12-10(13(17)18)5-15-11(16-12)6-21(19)20/h2-5,21H,6H2,1H3,(H,17,18). The molecule has 0 unspecified atom stereocenters. The molecule has 1 N–H and O–H groups in total. The van der Waals surface area contributed by atoms with Crippen LogP contribution >= 0.6 is 0 Å². The third kappa shape index (κ3) is 3.40. The molecule has 0 aliphatic rings. The van der Waals surface area contributed by atoms with Crippen molar-refractivity contribution in [2.45, 2.75) is 12.7 Å². The van der Waals surface area contributed by atoms with E-state index >= 15 is 0 Å². The summed E-state index contributed by atoms with van der Waals surface area (Å²) in [6.45, 7) is 1.61. The maximum Gasteiger partial charge on any atom is 0.339 e. The largest absolute Gasteiger partial charge is 0.478 e. The summed E-state index contributed by atoms with van der Waals surface area (Å²) in [7, 11) is -2.73. The lowest BCUT2D eigenvalue weighted by molar-refractivity contribution is 0.0697. The molecule has 2 rings (SSSR count). The van der Waals surface area contributed by atoms with Gasteiger partial charge >= 0.3 is 5.97 Å². The number of benzene rings is 1. The molecule has 0 aliphatic heterocycles. The molecule has 21 heavy (non-hydrogen) atoms. The molecular weight excluding hydrogens is 299 g/mol. The Bertz CT molecular complexity index is 782. The molecule has 1 aromatic heterocycles. The summed E-state index contributed by atoms with van der Waals surface area (Å²) in [5.74, 6) is -2.09. The molecule has 6 nitrogen and oxygen atoms in total. The Kier molecular flexibility index (Phi) is 4.27. The van der Waals surface area contributed by atoms with Gasteiger partial charge in [-0.2, -0.15) is 0 Å². The van der Waals surface area contributed by atoms with Crippen LogP contribution in [-0.2, 0) is 16.5 Å². The van der Waals surface area contributed by atoms with Crippen molar-refractivity contribution in [2.75, 3.05) is 0 Å². The molecule has 0 amide bonds. The van der Waals surface area contributed by atoms with Gasteiger partial charge in [0.1, 0.15) is 33.7 Å². The zero-order valence-corrected chi connectivity index (χ0v) is 11.8. The number of aromatic carboxylic acids is 1. The molecule has 1 heterocycles. The van der Waals surface area contributed by atoms with Crippen LogP contribution in [0.4, 0.5) is 4.39 Å². The topological polar surface area (TPSA) is 97.2 Å². The molecule has 2 aromatic rings. The van der Waals surface area contributed by atoms with Gasteiger partial charge in [-0.05, 0) is 30.7 Å². The lowest BCUT2D eigenvalue weighted by Crippen LogP contribution is -2.07. The Hall–Kier alpha value is -2.35. The first-order valence-corrected chi connectivity index (χ1v) is 7.22. The van der Waals surface area contributed by atoms with Gasteiger partial charge in [-0.3, -0.25) is 0 Å². The van der Waals surface area contributed by atoms with Crippen LogP contribution in [0.15, 0.2) is 24.4 Å². The van der Waals surface area contributed by atoms with Gasteiger partial charge in [-0.1, -0.05) is 0 Å². The third-order valence-corrected chi connectivity index (χ3v) is 3.32. The van der Waals surface area contributed by atoms with E-state index in [4.69, 9.17) is 0 Å². The van der Waals surface area contributed by atoms with E-state index in [0.29, 0.717) is 11.1 Å². The van der Waals surface area contributed by atoms with Gasteiger partial charge < -0.3 is 5.11 Å². The maximum atomic E-state index is 13.1. The van der Waals surface area contributed by atoms with Crippen molar-refractivity contribution in [3.63, 3.8) is 0 Å². The number of halogens is 1. The number of carboxylic acids is 1. The molecule has 0 bridgehead atoms. The predicted octanol–water partition coefficient (Wildman–Crippen LogP) is 1.40. The second-order valence-electron chi connectivity index (χ2n) is 4.30. The van der Waals surface area contributed by atoms with Gasteiger partial charge in [0.05, 0.1) is 5.69 Å². The summed E-state index contributed by atoms with van der Waals surface area (Å²) in [4.78, 5) is 19.0. The van der Waals surface area contributed by atoms with Crippen LogP contribution in [0, 0.1) is 12.7 Å². The maximum absolute atomic E-state index is 13.1. The average Bonchev–Trinajstić information content (AvgIpc) is 2.37. The predicted molar refractivity (Wildman–Crippen MR) is 73.1 cm³/mol. The summed E-state index contributed by atoms with van der Waals surface area (Å²) in [6, 6.07) is 3.83. The van der Waals surface area contributed by atoms with E-state index in [9.17, 15) is 22.7 Å². The van der Waals surface area contributed by atoms with Crippen LogP contribution in [0.1, 0.15) is 21.7 Å². The molecule has 110 valence electrons. The number of aromatic nitrogens is 2. The number of hydrogen-bond donors (Lipinski definition) is 2. The number of aryl methyl sites for hydroxylation is 1. The van der Waals surface area contributed by atoms with Crippen molar-refractivity contribution in [3.8, 4) is 11.3 Å². The highest BCUT2D eigenvalue weighted by atomic mass is 32.2. The highest BCUT2D eigenvalue weighted by Gasteiger charge is 2.17. The summed E-state index contributed by atoms with van der Waals surface area (Å²) in [5.41, 5.74) is 0.809. The summed E-state index contributed by atoms with van der Waals surface area (Å²) in [5, 5.41) is 9.17. The highest BCUT2D eigenvalue weighted by Crippen LogP contribution is 2.25. The minimum atomic E-state index is -2.73. The summed E-state index contributed by atoms with van der Waals surface area (Å²) < 4.78 is 34.6. The van der Waals surface area contributed by atoms with Gasteiger partial charge in [0.2, 0.25) is 0 Å². The highest BCUT2D eigenvalue weighted by molar-refractivity contribution is 7.71. The number of thiol groups is 1. The van der Waals surface area contributed by atoms with E-state index < -0.39 is 22.5 Å². The van der Waals surface area contributed by atoms with E-state index in [0.717, 1.165) is 6.20 Å². The SMILES string of the molecule is Cc1cc(F)ccc1-c1nc(C[SH](=O)=O)ncc1C(=O)O. The summed E-state index contributed by atoms with van der Waals surface area (Å²) >= 11 is 0. The van der Waals surface area contributed by atoms with Gasteiger partial charge in [0, 0.05) is 11.8 Å². The van der Waals surface area contributed by atoms with Gasteiger partial charge in [0.25, 0.3) is 0 Å². The van der Waals surface area contributed by atoms with E-state index in [-0.39, 0.29) is 22.8 Å². The molecule has 8 heteroatoms. The second kappa shape index (κ2) is 5.96. The van der Waals surface area contributed by atoms with Crippen LogP contribution in [0.25, 0.3) is 11.3 Å². The molecule has 1 aromatic carbocycles. The second-order valence-corrected chi connectivity index (χ2v) is 5.29. The normalized spacial score (nSPS) is 10.8. The fourth-order valence-corrected chi connectivity index (χ4v) is 2.25. The monoisotopic (exact) mass is 310 g/mol. The first kappa shape index (κ1) is 15.0. The number of carboxylic acid groups (broad SMARTS) is 1. The quantitative estimate of drug-likeness (QED) is 0.829. The lowest BCUT2D eigenvalue weighted by atomic mass is 10.0. The van der Waals surface area contributed by atoms with Crippen molar-refractivity contribution in [3.05, 3.63) is 47.2 Å². The van der Waals surface area contributed by atoms with E-state index in [1.165, 1.54) is 18.2 Å². The van der Waals surface area contributed by atoms with Crippen molar-refractivity contribution >= 4 is 16.7 Å². The van der Waals surface area contributed by atoms with Crippen molar-refractivity contribution < 1.29 is 22.7 Å². The molecule has 0 fully saturated rings. The Balaban J connectivity index is 2.65. The molecule has 0 saturated carbocycles. The first-order chi connectivity index (χ1) is 9.88. The van der Waals surface area contributed by atoms with Crippen molar-refractivity contribution in [2.24, 2.45) is 0 Å². The molecule has 0 saturated heterocycles. The Labute approximate surface area is 121 Å². The summed E-state index contributed by atoms with van der Waals surface area (Å²) in [6.07, 6.45) is 1.06. The van der Waals surface area contributed by atoms with Crippen molar-refractivity contribution in [1.82, 2.24) is 9.97 Å². The minimum Gasteiger partial charge on any atom is -0.478 e. The third-order valence-electron chi connectivity index (χ3n) is 2.78. The average molecular weight is 310 g/mol. The number of nitrogens with zero attached hydrogens (tertiary/aromatic N) is 2.